The number of amides is 1. The molecule has 7 heteroatoms. The predicted molar refractivity (Wildman–Crippen MR) is 45.9 cm³/mol. The van der Waals surface area contributed by atoms with Crippen LogP contribution in [0.3, 0.4) is 0 Å². The fraction of sp³-hybridized carbons (Fsp3) is 0.250. The number of hydrogen-bond donors (Lipinski definition) is 2. The highest BCUT2D eigenvalue weighted by Crippen LogP contribution is 2.31. The van der Waals surface area contributed by atoms with E-state index in [1.807, 2.05) is 0 Å². The first-order valence-corrected chi connectivity index (χ1v) is 3.83. The lowest BCUT2D eigenvalue weighted by atomic mass is 10.2. The van der Waals surface area contributed by atoms with Crippen molar-refractivity contribution in [3.05, 3.63) is 17.5 Å². The van der Waals surface area contributed by atoms with Crippen LogP contribution in [0.4, 0.5) is 8.78 Å². The van der Waals surface area contributed by atoms with Crippen LogP contribution in [0, 0.1) is 0 Å². The molecule has 0 fully saturated rings. The Morgan fingerprint density at radius 1 is 1.67 bits per heavy atom. The van der Waals surface area contributed by atoms with E-state index in [0.29, 0.717) is 0 Å². The van der Waals surface area contributed by atoms with E-state index in [9.17, 15) is 18.7 Å². The largest absolute Gasteiger partial charge is 0.505 e. The maximum atomic E-state index is 12.4. The number of nitrogens with two attached hydrogens (primary N) is 1. The van der Waals surface area contributed by atoms with Crippen LogP contribution >= 0.6 is 0 Å². The van der Waals surface area contributed by atoms with Crippen LogP contribution < -0.4 is 10.5 Å². The smallest absolute Gasteiger partial charge is 0.284 e. The predicted octanol–water partition coefficient (Wildman–Crippen LogP) is 0.832. The van der Waals surface area contributed by atoms with Crippen molar-refractivity contribution in [3.8, 4) is 11.5 Å². The van der Waals surface area contributed by atoms with E-state index in [4.69, 9.17) is 5.73 Å². The van der Waals surface area contributed by atoms with Crippen LogP contribution in [-0.2, 0) is 0 Å². The monoisotopic (exact) mass is 218 g/mol. The van der Waals surface area contributed by atoms with E-state index < -0.39 is 29.5 Å². The minimum Gasteiger partial charge on any atom is -0.505 e. The molecule has 0 aliphatic rings. The second-order valence-electron chi connectivity index (χ2n) is 2.61. The Labute approximate surface area is 83.5 Å². The van der Waals surface area contributed by atoms with Gasteiger partial charge in [-0.05, 0) is 0 Å². The van der Waals surface area contributed by atoms with Crippen LogP contribution in [0.5, 0.6) is 11.5 Å². The molecule has 0 atom stereocenters. The Kier molecular flexibility index (Phi) is 3.03. The molecule has 0 aliphatic carbocycles. The Morgan fingerprint density at radius 2 is 2.27 bits per heavy atom. The van der Waals surface area contributed by atoms with Crippen LogP contribution in [0.1, 0.15) is 22.6 Å². The Hall–Kier alpha value is -1.92. The van der Waals surface area contributed by atoms with Gasteiger partial charge in [0.1, 0.15) is 11.4 Å². The van der Waals surface area contributed by atoms with Gasteiger partial charge in [0.05, 0.1) is 7.11 Å². The number of aromatic nitrogens is 1. The number of primary amides is 1. The first-order valence-electron chi connectivity index (χ1n) is 3.83. The third-order valence-corrected chi connectivity index (χ3v) is 1.66. The van der Waals surface area contributed by atoms with Gasteiger partial charge >= 0.3 is 0 Å². The van der Waals surface area contributed by atoms with Crippen LogP contribution in [0.15, 0.2) is 6.07 Å². The lowest BCUT2D eigenvalue weighted by molar-refractivity contribution is 0.0989. The molecule has 15 heavy (non-hydrogen) atoms. The summed E-state index contributed by atoms with van der Waals surface area (Å²) in [6.07, 6.45) is -2.92. The van der Waals surface area contributed by atoms with Crippen LogP contribution in [-0.4, -0.2) is 23.1 Å². The number of ether oxygens (including phenoxy) is 1. The van der Waals surface area contributed by atoms with Crippen molar-refractivity contribution in [2.45, 2.75) is 6.43 Å². The van der Waals surface area contributed by atoms with Gasteiger partial charge in [-0.3, -0.25) is 4.79 Å². The molecule has 1 aromatic heterocycles. The number of hydrogen-bond acceptors (Lipinski definition) is 4. The van der Waals surface area contributed by atoms with Gasteiger partial charge in [-0.1, -0.05) is 0 Å². The second kappa shape index (κ2) is 4.07. The molecule has 82 valence electrons. The summed E-state index contributed by atoms with van der Waals surface area (Å²) < 4.78 is 29.4. The van der Waals surface area contributed by atoms with Gasteiger partial charge in [0.15, 0.2) is 11.4 Å². The van der Waals surface area contributed by atoms with Gasteiger partial charge < -0.3 is 15.6 Å². The highest BCUT2D eigenvalue weighted by atomic mass is 19.3. The average molecular weight is 218 g/mol. The molecule has 0 aliphatic heterocycles. The summed E-state index contributed by atoms with van der Waals surface area (Å²) in [5, 5.41) is 9.21. The molecule has 0 spiro atoms. The van der Waals surface area contributed by atoms with E-state index in [1.165, 1.54) is 0 Å². The fourth-order valence-corrected chi connectivity index (χ4v) is 1.00. The normalized spacial score (nSPS) is 10.4. The summed E-state index contributed by atoms with van der Waals surface area (Å²) in [4.78, 5) is 14.0. The third kappa shape index (κ3) is 2.12. The van der Waals surface area contributed by atoms with Crippen molar-refractivity contribution < 1.29 is 23.4 Å². The zero-order valence-corrected chi connectivity index (χ0v) is 7.70. The molecule has 1 aromatic rings. The standard InChI is InChI=1S/C8H8F2N2O3/c1-15-4-2-3(13)5(8(11)14)12-6(4)7(9)10/h2,7,13H,1H3,(H2,11,14). The summed E-state index contributed by atoms with van der Waals surface area (Å²) in [7, 11) is 1.15. The van der Waals surface area contributed by atoms with Crippen molar-refractivity contribution in [2.24, 2.45) is 5.73 Å². The number of pyridine rings is 1. The Bertz CT molecular complexity index is 396. The van der Waals surface area contributed by atoms with Gasteiger partial charge in [0.2, 0.25) is 0 Å². The molecule has 0 unspecified atom stereocenters. The van der Waals surface area contributed by atoms with E-state index in [-0.39, 0.29) is 5.75 Å². The molecule has 0 saturated heterocycles. The number of carbonyl (C=O) groups is 1. The molecule has 3 N–H and O–H groups in total. The van der Waals surface area contributed by atoms with Crippen LogP contribution in [0.25, 0.3) is 0 Å². The van der Waals surface area contributed by atoms with Gasteiger partial charge in [-0.25, -0.2) is 13.8 Å². The average Bonchev–Trinajstić information content (AvgIpc) is 2.16. The highest BCUT2D eigenvalue weighted by Gasteiger charge is 2.21. The number of alkyl halides is 2. The maximum Gasteiger partial charge on any atom is 0.284 e. The molecule has 0 radical (unpaired) electrons. The second-order valence-corrected chi connectivity index (χ2v) is 2.61. The molecule has 1 rings (SSSR count). The minimum atomic E-state index is -2.92. The molecular formula is C8H8F2N2O3. The van der Waals surface area contributed by atoms with Crippen molar-refractivity contribution in [1.29, 1.82) is 0 Å². The van der Waals surface area contributed by atoms with Gasteiger partial charge in [0.25, 0.3) is 12.3 Å². The van der Waals surface area contributed by atoms with E-state index in [1.54, 1.807) is 0 Å². The summed E-state index contributed by atoms with van der Waals surface area (Å²) in [6, 6.07) is 0.870. The molecular weight excluding hydrogens is 210 g/mol. The number of carbonyl (C=O) groups excluding carboxylic acids is 1. The molecule has 1 amide bonds. The summed E-state index contributed by atoms with van der Waals surface area (Å²) >= 11 is 0. The zero-order chi connectivity index (χ0) is 11.6. The summed E-state index contributed by atoms with van der Waals surface area (Å²) in [5.74, 6) is -1.98. The Morgan fingerprint density at radius 3 is 2.67 bits per heavy atom. The molecule has 5 nitrogen and oxygen atoms in total. The molecule has 0 bridgehead atoms. The molecule has 0 saturated carbocycles. The number of halogens is 2. The van der Waals surface area contributed by atoms with Crippen molar-refractivity contribution in [2.75, 3.05) is 7.11 Å². The highest BCUT2D eigenvalue weighted by molar-refractivity contribution is 5.93. The van der Waals surface area contributed by atoms with Gasteiger partial charge in [-0.2, -0.15) is 0 Å². The maximum absolute atomic E-state index is 12.4. The number of methoxy groups -OCH3 is 1. The Balaban J connectivity index is 3.37. The van der Waals surface area contributed by atoms with Crippen molar-refractivity contribution in [3.63, 3.8) is 0 Å². The number of nitrogens with zero attached hydrogens (tertiary/aromatic N) is 1. The van der Waals surface area contributed by atoms with Crippen LogP contribution in [0.2, 0.25) is 0 Å². The summed E-state index contributed by atoms with van der Waals surface area (Å²) in [5.41, 5.74) is 3.49. The van der Waals surface area contributed by atoms with Crippen molar-refractivity contribution >= 4 is 5.91 Å². The van der Waals surface area contributed by atoms with E-state index in [0.717, 1.165) is 13.2 Å². The fourth-order valence-electron chi connectivity index (χ4n) is 1.00. The minimum absolute atomic E-state index is 0.299. The number of aromatic hydroxyl groups is 1. The van der Waals surface area contributed by atoms with Gasteiger partial charge in [-0.15, -0.1) is 0 Å². The summed E-state index contributed by atoms with van der Waals surface area (Å²) in [6.45, 7) is 0. The zero-order valence-electron chi connectivity index (χ0n) is 7.70. The lowest BCUT2D eigenvalue weighted by Crippen LogP contribution is -2.15. The first kappa shape index (κ1) is 11.2. The molecule has 0 aromatic carbocycles. The lowest BCUT2D eigenvalue weighted by Gasteiger charge is -2.09. The topological polar surface area (TPSA) is 85.4 Å². The third-order valence-electron chi connectivity index (χ3n) is 1.66. The quantitative estimate of drug-likeness (QED) is 0.786. The van der Waals surface area contributed by atoms with E-state index >= 15 is 0 Å². The van der Waals surface area contributed by atoms with Gasteiger partial charge in [0, 0.05) is 6.07 Å². The first-order chi connectivity index (χ1) is 6.97. The SMILES string of the molecule is COc1cc(O)c(C(N)=O)nc1C(F)F. The van der Waals surface area contributed by atoms with Crippen molar-refractivity contribution in [1.82, 2.24) is 4.98 Å². The number of rotatable bonds is 3. The molecule has 1 heterocycles. The van der Waals surface area contributed by atoms with E-state index in [2.05, 4.69) is 9.72 Å².